The summed E-state index contributed by atoms with van der Waals surface area (Å²) >= 11 is 5.65. The summed E-state index contributed by atoms with van der Waals surface area (Å²) in [5.41, 5.74) is 1.06. The number of amides is 1. The van der Waals surface area contributed by atoms with Crippen LogP contribution in [0.2, 0.25) is 5.22 Å². The van der Waals surface area contributed by atoms with Crippen molar-refractivity contribution in [1.29, 1.82) is 0 Å². The topological polar surface area (TPSA) is 70.9 Å². The molecule has 2 aromatic heterocycles. The fourth-order valence-corrected chi connectivity index (χ4v) is 2.99. The molecule has 2 heterocycles. The van der Waals surface area contributed by atoms with Crippen molar-refractivity contribution in [2.24, 2.45) is 5.92 Å². The first-order chi connectivity index (χ1) is 10.2. The third kappa shape index (κ3) is 3.67. The number of rotatable bonds is 4. The van der Waals surface area contributed by atoms with E-state index in [0.29, 0.717) is 5.82 Å². The van der Waals surface area contributed by atoms with Gasteiger partial charge in [-0.15, -0.1) is 0 Å². The van der Waals surface area contributed by atoms with Crippen molar-refractivity contribution in [3.05, 3.63) is 34.9 Å². The average molecular weight is 308 g/mol. The lowest BCUT2D eigenvalue weighted by Gasteiger charge is -2.20. The molecule has 3 rings (SSSR count). The number of aromatic nitrogens is 2. The van der Waals surface area contributed by atoms with Gasteiger partial charge < -0.3 is 9.73 Å². The van der Waals surface area contributed by atoms with Crippen LogP contribution in [0.5, 0.6) is 0 Å². The van der Waals surface area contributed by atoms with E-state index in [1.807, 2.05) is 6.07 Å². The van der Waals surface area contributed by atoms with Crippen LogP contribution in [0.3, 0.4) is 0 Å². The Hall–Kier alpha value is -1.75. The van der Waals surface area contributed by atoms with Crippen molar-refractivity contribution in [3.63, 3.8) is 0 Å². The zero-order valence-electron chi connectivity index (χ0n) is 11.7. The van der Waals surface area contributed by atoms with Crippen LogP contribution >= 0.6 is 11.6 Å². The molecule has 6 heteroatoms. The van der Waals surface area contributed by atoms with E-state index >= 15 is 0 Å². The number of H-pyrrole nitrogens is 1. The van der Waals surface area contributed by atoms with Gasteiger partial charge in [-0.3, -0.25) is 9.89 Å². The molecular formula is C15H18ClN3O2. The Morgan fingerprint density at radius 2 is 2.19 bits per heavy atom. The highest BCUT2D eigenvalue weighted by atomic mass is 35.5. The molecule has 1 aliphatic rings. The van der Waals surface area contributed by atoms with Gasteiger partial charge in [0.1, 0.15) is 0 Å². The molecule has 1 amide bonds. The maximum Gasteiger partial charge on any atom is 0.292 e. The van der Waals surface area contributed by atoms with Gasteiger partial charge in [0.15, 0.2) is 16.8 Å². The number of halogens is 1. The molecule has 0 radical (unpaired) electrons. The fraction of sp³-hybridized carbons (Fsp3) is 0.467. The van der Waals surface area contributed by atoms with E-state index in [1.165, 1.54) is 44.2 Å². The molecule has 2 aromatic rings. The molecule has 2 N–H and O–H groups in total. The summed E-state index contributed by atoms with van der Waals surface area (Å²) in [6.07, 6.45) is 7.56. The van der Waals surface area contributed by atoms with Gasteiger partial charge in [0, 0.05) is 11.8 Å². The zero-order valence-corrected chi connectivity index (χ0v) is 12.4. The number of furan rings is 1. The second-order valence-corrected chi connectivity index (χ2v) is 5.92. The molecule has 0 spiro atoms. The number of anilines is 1. The summed E-state index contributed by atoms with van der Waals surface area (Å²) in [5.74, 6) is 1.07. The largest absolute Gasteiger partial charge is 0.440 e. The molecule has 0 aliphatic heterocycles. The first-order valence-electron chi connectivity index (χ1n) is 7.31. The summed E-state index contributed by atoms with van der Waals surface area (Å²) in [6, 6.07) is 4.96. The smallest absolute Gasteiger partial charge is 0.292 e. The number of nitrogens with zero attached hydrogens (tertiary/aromatic N) is 1. The van der Waals surface area contributed by atoms with Crippen LogP contribution in [0.15, 0.2) is 22.6 Å². The van der Waals surface area contributed by atoms with Crippen LogP contribution in [-0.4, -0.2) is 16.1 Å². The number of nitrogens with one attached hydrogen (secondary N) is 2. The predicted molar refractivity (Wildman–Crippen MR) is 80.5 cm³/mol. The van der Waals surface area contributed by atoms with Gasteiger partial charge in [0.25, 0.3) is 5.91 Å². The monoisotopic (exact) mass is 307 g/mol. The second kappa shape index (κ2) is 6.35. The van der Waals surface area contributed by atoms with Crippen molar-refractivity contribution in [2.45, 2.75) is 38.5 Å². The lowest BCUT2D eigenvalue weighted by molar-refractivity contribution is 0.0996. The van der Waals surface area contributed by atoms with Gasteiger partial charge in [-0.1, -0.05) is 32.1 Å². The van der Waals surface area contributed by atoms with Crippen LogP contribution in [0.1, 0.15) is 48.4 Å². The van der Waals surface area contributed by atoms with Crippen LogP contribution in [-0.2, 0) is 6.42 Å². The van der Waals surface area contributed by atoms with Gasteiger partial charge in [0.05, 0.1) is 0 Å². The predicted octanol–water partition coefficient (Wildman–Crippen LogP) is 4.03. The lowest BCUT2D eigenvalue weighted by atomic mass is 9.86. The Morgan fingerprint density at radius 3 is 2.90 bits per heavy atom. The lowest BCUT2D eigenvalue weighted by Crippen LogP contribution is -2.11. The average Bonchev–Trinajstić information content (AvgIpc) is 3.09. The molecule has 5 nitrogen and oxygen atoms in total. The molecule has 1 aliphatic carbocycles. The van der Waals surface area contributed by atoms with Crippen LogP contribution in [0.4, 0.5) is 5.82 Å². The van der Waals surface area contributed by atoms with Crippen molar-refractivity contribution in [1.82, 2.24) is 10.2 Å². The third-order valence-electron chi connectivity index (χ3n) is 3.90. The highest BCUT2D eigenvalue weighted by Crippen LogP contribution is 2.26. The van der Waals surface area contributed by atoms with E-state index in [0.717, 1.165) is 18.0 Å². The molecule has 0 bridgehead atoms. The highest BCUT2D eigenvalue weighted by molar-refractivity contribution is 6.29. The Balaban J connectivity index is 1.58. The molecule has 1 fully saturated rings. The van der Waals surface area contributed by atoms with E-state index in [-0.39, 0.29) is 16.9 Å². The van der Waals surface area contributed by atoms with Crippen LogP contribution in [0.25, 0.3) is 0 Å². The zero-order chi connectivity index (χ0) is 14.7. The van der Waals surface area contributed by atoms with Crippen molar-refractivity contribution >= 4 is 23.3 Å². The molecule has 21 heavy (non-hydrogen) atoms. The van der Waals surface area contributed by atoms with E-state index in [9.17, 15) is 4.79 Å². The van der Waals surface area contributed by atoms with Gasteiger partial charge in [0.2, 0.25) is 0 Å². The summed E-state index contributed by atoms with van der Waals surface area (Å²) in [7, 11) is 0. The Labute approximate surface area is 128 Å². The van der Waals surface area contributed by atoms with Gasteiger partial charge in [-0.25, -0.2) is 0 Å². The van der Waals surface area contributed by atoms with E-state index < -0.39 is 0 Å². The van der Waals surface area contributed by atoms with Crippen LogP contribution in [0, 0.1) is 5.92 Å². The molecule has 0 saturated heterocycles. The maximum absolute atomic E-state index is 11.9. The van der Waals surface area contributed by atoms with E-state index in [1.54, 1.807) is 0 Å². The SMILES string of the molecule is O=C(Nc1cc(CC2CCCCC2)[nH]n1)c1ccc(Cl)o1. The minimum atomic E-state index is -0.349. The minimum absolute atomic E-state index is 0.178. The molecule has 1 saturated carbocycles. The van der Waals surface area contributed by atoms with E-state index in [4.69, 9.17) is 16.0 Å². The summed E-state index contributed by atoms with van der Waals surface area (Å²) in [5, 5.41) is 10.0. The van der Waals surface area contributed by atoms with Crippen LogP contribution < -0.4 is 5.32 Å². The second-order valence-electron chi connectivity index (χ2n) is 5.54. The van der Waals surface area contributed by atoms with Crippen molar-refractivity contribution in [3.8, 4) is 0 Å². The Bertz CT molecular complexity index is 614. The molecule has 0 aromatic carbocycles. The van der Waals surface area contributed by atoms with Gasteiger partial charge in [-0.05, 0) is 36.1 Å². The number of hydrogen-bond acceptors (Lipinski definition) is 3. The number of hydrogen-bond donors (Lipinski definition) is 2. The van der Waals surface area contributed by atoms with Crippen molar-refractivity contribution < 1.29 is 9.21 Å². The Kier molecular flexibility index (Phi) is 4.29. The summed E-state index contributed by atoms with van der Waals surface area (Å²) in [6.45, 7) is 0. The molecular weight excluding hydrogens is 290 g/mol. The highest BCUT2D eigenvalue weighted by Gasteiger charge is 2.16. The third-order valence-corrected chi connectivity index (χ3v) is 4.11. The number of carbonyl (C=O) groups excluding carboxylic acids is 1. The molecule has 0 atom stereocenters. The van der Waals surface area contributed by atoms with Crippen molar-refractivity contribution in [2.75, 3.05) is 5.32 Å². The minimum Gasteiger partial charge on any atom is -0.440 e. The fourth-order valence-electron chi connectivity index (χ4n) is 2.85. The van der Waals surface area contributed by atoms with E-state index in [2.05, 4.69) is 15.5 Å². The first-order valence-corrected chi connectivity index (χ1v) is 7.69. The van der Waals surface area contributed by atoms with Gasteiger partial charge >= 0.3 is 0 Å². The number of carbonyl (C=O) groups is 1. The quantitative estimate of drug-likeness (QED) is 0.895. The summed E-state index contributed by atoms with van der Waals surface area (Å²) in [4.78, 5) is 11.9. The normalized spacial score (nSPS) is 16.0. The Morgan fingerprint density at radius 1 is 1.38 bits per heavy atom. The number of aromatic amines is 1. The summed E-state index contributed by atoms with van der Waals surface area (Å²) < 4.78 is 5.06. The first kappa shape index (κ1) is 14.2. The molecule has 112 valence electrons. The van der Waals surface area contributed by atoms with Gasteiger partial charge in [-0.2, -0.15) is 5.10 Å². The standard InChI is InChI=1S/C15H18ClN3O2/c16-13-7-6-12(21-13)15(20)17-14-9-11(18-19-14)8-10-4-2-1-3-5-10/h6-7,9-10H,1-5,8H2,(H2,17,18,19,20). The maximum atomic E-state index is 11.9. The molecule has 0 unspecified atom stereocenters.